The van der Waals surface area contributed by atoms with E-state index < -0.39 is 10.0 Å². The van der Waals surface area contributed by atoms with E-state index in [0.29, 0.717) is 23.7 Å². The third kappa shape index (κ3) is 5.86. The third-order valence-electron chi connectivity index (χ3n) is 4.38. The van der Waals surface area contributed by atoms with Crippen LogP contribution in [0.3, 0.4) is 0 Å². The number of rotatable bonds is 6. The molecule has 26 heavy (non-hydrogen) atoms. The number of sulfonamides is 1. The molecule has 2 aliphatic rings. The molecule has 1 fully saturated rings. The van der Waals surface area contributed by atoms with E-state index in [1.54, 1.807) is 6.07 Å². The minimum absolute atomic E-state index is 0. The number of nitrogens with one attached hydrogen (secondary N) is 2. The summed E-state index contributed by atoms with van der Waals surface area (Å²) in [5, 5.41) is 3.66. The summed E-state index contributed by atoms with van der Waals surface area (Å²) >= 11 is 6.18. The van der Waals surface area contributed by atoms with Gasteiger partial charge in [0.1, 0.15) is 11.9 Å². The second-order valence-electron chi connectivity index (χ2n) is 6.37. The first kappa shape index (κ1) is 23.8. The quantitative estimate of drug-likeness (QED) is 0.655. The van der Waals surface area contributed by atoms with E-state index in [0.717, 1.165) is 44.7 Å². The Morgan fingerprint density at radius 3 is 2.69 bits per heavy atom. The molecule has 2 N–H and O–H groups in total. The van der Waals surface area contributed by atoms with Crippen molar-refractivity contribution in [3.05, 3.63) is 22.7 Å². The van der Waals surface area contributed by atoms with Crippen molar-refractivity contribution in [3.8, 4) is 5.75 Å². The molecule has 1 atom stereocenters. The Labute approximate surface area is 172 Å². The van der Waals surface area contributed by atoms with Crippen molar-refractivity contribution >= 4 is 46.4 Å². The van der Waals surface area contributed by atoms with Crippen molar-refractivity contribution in [1.29, 1.82) is 0 Å². The van der Waals surface area contributed by atoms with Gasteiger partial charge in [-0.3, -0.25) is 0 Å². The van der Waals surface area contributed by atoms with Crippen LogP contribution in [0.4, 0.5) is 0 Å². The Morgan fingerprint density at radius 1 is 1.31 bits per heavy atom. The summed E-state index contributed by atoms with van der Waals surface area (Å²) in [5.74, 6) is 0.613. The molecule has 10 heteroatoms. The van der Waals surface area contributed by atoms with Gasteiger partial charge in [0.25, 0.3) is 0 Å². The van der Waals surface area contributed by atoms with Gasteiger partial charge in [-0.15, -0.1) is 24.8 Å². The van der Waals surface area contributed by atoms with E-state index in [4.69, 9.17) is 16.3 Å². The van der Waals surface area contributed by atoms with Gasteiger partial charge in [-0.1, -0.05) is 11.6 Å². The summed E-state index contributed by atoms with van der Waals surface area (Å²) in [6.07, 6.45) is 1.50. The molecule has 2 aliphatic heterocycles. The second-order valence-corrected chi connectivity index (χ2v) is 8.54. The first-order valence-electron chi connectivity index (χ1n) is 8.37. The van der Waals surface area contributed by atoms with E-state index in [-0.39, 0.29) is 35.8 Å². The predicted octanol–water partition coefficient (Wildman–Crippen LogP) is 2.08. The minimum atomic E-state index is -3.55. The van der Waals surface area contributed by atoms with Gasteiger partial charge in [0.05, 0.1) is 9.92 Å². The Kier molecular flexibility index (Phi) is 9.43. The smallest absolute Gasteiger partial charge is 0.240 e. The molecule has 0 spiro atoms. The molecule has 0 saturated carbocycles. The van der Waals surface area contributed by atoms with Gasteiger partial charge in [0, 0.05) is 44.7 Å². The summed E-state index contributed by atoms with van der Waals surface area (Å²) < 4.78 is 33.3. The maximum absolute atomic E-state index is 12.5. The fraction of sp³-hybridized carbons (Fsp3) is 0.625. The van der Waals surface area contributed by atoms with Crippen molar-refractivity contribution in [1.82, 2.24) is 14.9 Å². The van der Waals surface area contributed by atoms with Crippen molar-refractivity contribution in [2.45, 2.75) is 30.8 Å². The number of piperazine rings is 1. The van der Waals surface area contributed by atoms with Crippen molar-refractivity contribution in [2.24, 2.45) is 0 Å². The monoisotopic (exact) mass is 445 g/mol. The summed E-state index contributed by atoms with van der Waals surface area (Å²) in [4.78, 5) is 2.56. The maximum Gasteiger partial charge on any atom is 0.240 e. The molecule has 2 heterocycles. The van der Waals surface area contributed by atoms with Gasteiger partial charge >= 0.3 is 0 Å². The number of hydrogen-bond acceptors (Lipinski definition) is 5. The van der Waals surface area contributed by atoms with Crippen LogP contribution >= 0.6 is 36.4 Å². The summed E-state index contributed by atoms with van der Waals surface area (Å²) in [6.45, 7) is 7.31. The van der Waals surface area contributed by atoms with E-state index in [1.165, 1.54) is 6.07 Å². The lowest BCUT2D eigenvalue weighted by Crippen LogP contribution is -2.44. The second kappa shape index (κ2) is 10.3. The van der Waals surface area contributed by atoms with Gasteiger partial charge in [-0.05, 0) is 32.0 Å². The zero-order valence-electron chi connectivity index (χ0n) is 14.7. The molecule has 0 aliphatic carbocycles. The summed E-state index contributed by atoms with van der Waals surface area (Å²) in [6, 6.07) is 3.14. The number of fused-ring (bicyclic) bond motifs is 1. The van der Waals surface area contributed by atoms with Crippen LogP contribution in [0.5, 0.6) is 5.75 Å². The van der Waals surface area contributed by atoms with Crippen molar-refractivity contribution < 1.29 is 13.2 Å². The molecule has 6 nitrogen and oxygen atoms in total. The molecule has 1 aromatic carbocycles. The Hall–Kier alpha value is -0.280. The fourth-order valence-electron chi connectivity index (χ4n) is 3.14. The zero-order valence-corrected chi connectivity index (χ0v) is 17.9. The number of benzene rings is 1. The highest BCUT2D eigenvalue weighted by molar-refractivity contribution is 7.89. The van der Waals surface area contributed by atoms with Gasteiger partial charge in [0.2, 0.25) is 10.0 Å². The van der Waals surface area contributed by atoms with E-state index in [2.05, 4.69) is 14.9 Å². The first-order chi connectivity index (χ1) is 11.5. The standard InChI is InChI=1S/C16H24ClN3O3S.2ClH/c1-12-9-13-10-14(11-15(17)16(13)23-12)24(21,22)19-3-2-6-20-7-4-18-5-8-20;;/h10-12,18-19H,2-9H2,1H3;2*1H. The highest BCUT2D eigenvalue weighted by Gasteiger charge is 2.25. The molecule has 1 unspecified atom stereocenters. The zero-order chi connectivity index (χ0) is 17.2. The van der Waals surface area contributed by atoms with Crippen LogP contribution in [-0.4, -0.2) is 58.7 Å². The summed E-state index contributed by atoms with van der Waals surface area (Å²) in [7, 11) is -3.55. The average Bonchev–Trinajstić information content (AvgIpc) is 2.94. The number of halogens is 3. The lowest BCUT2D eigenvalue weighted by atomic mass is 10.1. The predicted molar refractivity (Wildman–Crippen MR) is 109 cm³/mol. The molecular formula is C16H26Cl3N3O3S. The van der Waals surface area contributed by atoms with Gasteiger partial charge < -0.3 is 15.0 Å². The highest BCUT2D eigenvalue weighted by Crippen LogP contribution is 2.37. The number of nitrogens with zero attached hydrogens (tertiary/aromatic N) is 1. The molecular weight excluding hydrogens is 421 g/mol. The van der Waals surface area contributed by atoms with Crippen LogP contribution in [-0.2, 0) is 16.4 Å². The van der Waals surface area contributed by atoms with Crippen LogP contribution in [0.15, 0.2) is 17.0 Å². The molecule has 1 saturated heterocycles. The Morgan fingerprint density at radius 2 is 2.00 bits per heavy atom. The molecule has 150 valence electrons. The van der Waals surface area contributed by atoms with Crippen LogP contribution in [0.1, 0.15) is 18.9 Å². The average molecular weight is 447 g/mol. The fourth-order valence-corrected chi connectivity index (χ4v) is 4.64. The van der Waals surface area contributed by atoms with Crippen molar-refractivity contribution in [2.75, 3.05) is 39.3 Å². The Balaban J connectivity index is 0.00000169. The topological polar surface area (TPSA) is 70.7 Å². The molecule has 0 amide bonds. The largest absolute Gasteiger partial charge is 0.489 e. The van der Waals surface area contributed by atoms with Gasteiger partial charge in [-0.25, -0.2) is 13.1 Å². The number of hydrogen-bond donors (Lipinski definition) is 2. The molecule has 1 aromatic rings. The van der Waals surface area contributed by atoms with Crippen LogP contribution in [0.25, 0.3) is 0 Å². The molecule has 3 rings (SSSR count). The minimum Gasteiger partial charge on any atom is -0.489 e. The van der Waals surface area contributed by atoms with Crippen LogP contribution in [0, 0.1) is 0 Å². The SMILES string of the molecule is CC1Cc2cc(S(=O)(=O)NCCCN3CCNCC3)cc(Cl)c2O1.Cl.Cl. The van der Waals surface area contributed by atoms with Crippen molar-refractivity contribution in [3.63, 3.8) is 0 Å². The molecule has 0 radical (unpaired) electrons. The van der Waals surface area contributed by atoms with Gasteiger partial charge in [0.15, 0.2) is 0 Å². The molecule has 0 bridgehead atoms. The third-order valence-corrected chi connectivity index (χ3v) is 6.10. The van der Waals surface area contributed by atoms with Crippen LogP contribution < -0.4 is 14.8 Å². The summed E-state index contributed by atoms with van der Waals surface area (Å²) in [5.41, 5.74) is 0.858. The first-order valence-corrected chi connectivity index (χ1v) is 10.2. The molecule has 0 aromatic heterocycles. The lowest BCUT2D eigenvalue weighted by Gasteiger charge is -2.27. The van der Waals surface area contributed by atoms with Gasteiger partial charge in [-0.2, -0.15) is 0 Å². The van der Waals surface area contributed by atoms with E-state index >= 15 is 0 Å². The number of ether oxygens (including phenoxy) is 1. The van der Waals surface area contributed by atoms with E-state index in [1.807, 2.05) is 6.92 Å². The lowest BCUT2D eigenvalue weighted by molar-refractivity contribution is 0.239. The maximum atomic E-state index is 12.5. The Bertz CT molecular complexity index is 697. The highest BCUT2D eigenvalue weighted by atomic mass is 35.5. The normalized spacial score (nSPS) is 19.8. The van der Waals surface area contributed by atoms with E-state index in [9.17, 15) is 8.42 Å². The van der Waals surface area contributed by atoms with Crippen LogP contribution in [0.2, 0.25) is 5.02 Å².